The van der Waals surface area contributed by atoms with Gasteiger partial charge in [0.15, 0.2) is 6.10 Å². The van der Waals surface area contributed by atoms with Crippen LogP contribution in [0.1, 0.15) is 33.4 Å². The number of rotatable bonds is 5. The Balaban J connectivity index is 2.30. The Kier molecular flexibility index (Phi) is 5.09. The van der Waals surface area contributed by atoms with E-state index in [1.165, 1.54) is 0 Å². The molecule has 0 aromatic heterocycles. The van der Waals surface area contributed by atoms with Crippen LogP contribution in [0.5, 0.6) is 5.75 Å². The Morgan fingerprint density at radius 1 is 1.00 bits per heavy atom. The fraction of sp³-hybridized carbons (Fsp3) is 0.350. The largest absolute Gasteiger partial charge is 0.478 e. The quantitative estimate of drug-likeness (QED) is 0.895. The summed E-state index contributed by atoms with van der Waals surface area (Å²) < 4.78 is 5.87. The summed E-state index contributed by atoms with van der Waals surface area (Å²) in [5.41, 5.74) is 6.39. The predicted octanol–water partition coefficient (Wildman–Crippen LogP) is 4.30. The Morgan fingerprint density at radius 2 is 1.70 bits per heavy atom. The Labute approximate surface area is 137 Å². The second kappa shape index (κ2) is 6.86. The van der Waals surface area contributed by atoms with Gasteiger partial charge in [0.1, 0.15) is 5.75 Å². The molecule has 0 aliphatic rings. The molecule has 0 fully saturated rings. The van der Waals surface area contributed by atoms with Crippen LogP contribution in [0.25, 0.3) is 0 Å². The molecular weight excluding hydrogens is 288 g/mol. The van der Waals surface area contributed by atoms with Crippen molar-refractivity contribution in [3.63, 3.8) is 0 Å². The molecule has 1 N–H and O–H groups in total. The molecule has 1 atom stereocenters. The number of ether oxygens (including phenoxy) is 1. The summed E-state index contributed by atoms with van der Waals surface area (Å²) in [6.45, 7) is 9.96. The second-order valence-corrected chi connectivity index (χ2v) is 6.28. The van der Waals surface area contributed by atoms with E-state index in [1.54, 1.807) is 0 Å². The van der Waals surface area contributed by atoms with Gasteiger partial charge in [-0.05, 0) is 68.5 Å². The van der Waals surface area contributed by atoms with Crippen LogP contribution in [0.15, 0.2) is 30.3 Å². The van der Waals surface area contributed by atoms with Crippen LogP contribution >= 0.6 is 0 Å². The first kappa shape index (κ1) is 17.1. The number of carbonyl (C=O) groups is 1. The average molecular weight is 312 g/mol. The molecule has 122 valence electrons. The van der Waals surface area contributed by atoms with E-state index in [0.29, 0.717) is 12.2 Å². The Bertz CT molecular complexity index is 732. The normalized spacial score (nSPS) is 12.0. The van der Waals surface area contributed by atoms with Crippen molar-refractivity contribution in [1.82, 2.24) is 0 Å². The highest BCUT2D eigenvalue weighted by Gasteiger charge is 2.22. The third-order valence-electron chi connectivity index (χ3n) is 4.22. The molecule has 0 radical (unpaired) electrons. The molecule has 0 heterocycles. The van der Waals surface area contributed by atoms with Crippen molar-refractivity contribution in [2.75, 3.05) is 0 Å². The zero-order chi connectivity index (χ0) is 17.1. The number of aliphatic carboxylic acids is 1. The highest BCUT2D eigenvalue weighted by Crippen LogP contribution is 2.25. The smallest absolute Gasteiger partial charge is 0.345 e. The van der Waals surface area contributed by atoms with Crippen molar-refractivity contribution in [2.24, 2.45) is 0 Å². The third kappa shape index (κ3) is 4.13. The van der Waals surface area contributed by atoms with Crippen molar-refractivity contribution in [3.05, 3.63) is 63.7 Å². The maximum atomic E-state index is 11.7. The van der Waals surface area contributed by atoms with Gasteiger partial charge in [-0.25, -0.2) is 4.79 Å². The van der Waals surface area contributed by atoms with Gasteiger partial charge in [0, 0.05) is 6.42 Å². The molecule has 0 amide bonds. The first-order chi connectivity index (χ1) is 10.8. The molecule has 23 heavy (non-hydrogen) atoms. The molecular formula is C20H24O3. The lowest BCUT2D eigenvalue weighted by molar-refractivity contribution is -0.145. The summed E-state index contributed by atoms with van der Waals surface area (Å²) in [6.07, 6.45) is -0.537. The molecule has 0 spiro atoms. The topological polar surface area (TPSA) is 46.5 Å². The zero-order valence-corrected chi connectivity index (χ0v) is 14.4. The van der Waals surface area contributed by atoms with E-state index >= 15 is 0 Å². The third-order valence-corrected chi connectivity index (χ3v) is 4.22. The SMILES string of the molecule is Cc1ccc(C)c(C[C@@H](Oc2cc(C)cc(C)c2C)C(=O)O)c1. The van der Waals surface area contributed by atoms with Crippen LogP contribution < -0.4 is 4.74 Å². The van der Waals surface area contributed by atoms with Crippen LogP contribution in [-0.2, 0) is 11.2 Å². The molecule has 0 aliphatic carbocycles. The summed E-state index contributed by atoms with van der Waals surface area (Å²) in [5.74, 6) is -0.287. The fourth-order valence-electron chi connectivity index (χ4n) is 2.68. The highest BCUT2D eigenvalue weighted by atomic mass is 16.5. The molecule has 0 saturated heterocycles. The zero-order valence-electron chi connectivity index (χ0n) is 14.4. The van der Waals surface area contributed by atoms with Crippen LogP contribution in [0, 0.1) is 34.6 Å². The first-order valence-corrected chi connectivity index (χ1v) is 7.81. The van der Waals surface area contributed by atoms with E-state index in [0.717, 1.165) is 33.4 Å². The molecule has 3 nitrogen and oxygen atoms in total. The van der Waals surface area contributed by atoms with Crippen molar-refractivity contribution < 1.29 is 14.6 Å². The summed E-state index contributed by atoms with van der Waals surface area (Å²) >= 11 is 0. The van der Waals surface area contributed by atoms with Gasteiger partial charge in [0.2, 0.25) is 0 Å². The number of hydrogen-bond donors (Lipinski definition) is 1. The van der Waals surface area contributed by atoms with E-state index in [9.17, 15) is 9.90 Å². The number of aryl methyl sites for hydroxylation is 4. The van der Waals surface area contributed by atoms with Crippen LogP contribution in [-0.4, -0.2) is 17.2 Å². The van der Waals surface area contributed by atoms with Crippen molar-refractivity contribution in [3.8, 4) is 5.75 Å². The standard InChI is InChI=1S/C20H24O3/c1-12-6-7-14(3)17(9-12)11-19(20(21)22)23-18-10-13(2)8-15(4)16(18)5/h6-10,19H,11H2,1-5H3,(H,21,22)/t19-/m1/s1. The van der Waals surface area contributed by atoms with Gasteiger partial charge >= 0.3 is 5.97 Å². The average Bonchev–Trinajstić information content (AvgIpc) is 2.46. The Hall–Kier alpha value is -2.29. The molecule has 2 aromatic carbocycles. The molecule has 0 saturated carbocycles. The second-order valence-electron chi connectivity index (χ2n) is 6.28. The molecule has 0 bridgehead atoms. The minimum atomic E-state index is -0.940. The van der Waals surface area contributed by atoms with Gasteiger partial charge in [-0.15, -0.1) is 0 Å². The van der Waals surface area contributed by atoms with E-state index in [1.807, 2.05) is 58.9 Å². The fourth-order valence-corrected chi connectivity index (χ4v) is 2.68. The minimum absolute atomic E-state index is 0.356. The minimum Gasteiger partial charge on any atom is -0.478 e. The lowest BCUT2D eigenvalue weighted by Crippen LogP contribution is -2.30. The maximum Gasteiger partial charge on any atom is 0.345 e. The van der Waals surface area contributed by atoms with Crippen molar-refractivity contribution >= 4 is 5.97 Å². The summed E-state index contributed by atoms with van der Waals surface area (Å²) in [4.78, 5) is 11.7. The molecule has 0 unspecified atom stereocenters. The molecule has 2 rings (SSSR count). The van der Waals surface area contributed by atoms with Gasteiger partial charge in [-0.1, -0.05) is 29.8 Å². The van der Waals surface area contributed by atoms with E-state index < -0.39 is 12.1 Å². The molecule has 3 heteroatoms. The Morgan fingerprint density at radius 3 is 2.35 bits per heavy atom. The molecule has 0 aliphatic heterocycles. The van der Waals surface area contributed by atoms with Gasteiger partial charge in [0.05, 0.1) is 0 Å². The summed E-state index contributed by atoms with van der Waals surface area (Å²) in [7, 11) is 0. The van der Waals surface area contributed by atoms with Gasteiger partial charge < -0.3 is 9.84 Å². The highest BCUT2D eigenvalue weighted by molar-refractivity contribution is 5.73. The van der Waals surface area contributed by atoms with Gasteiger partial charge in [0.25, 0.3) is 0 Å². The lowest BCUT2D eigenvalue weighted by atomic mass is 10.00. The van der Waals surface area contributed by atoms with E-state index in [-0.39, 0.29) is 0 Å². The number of carboxylic acids is 1. The van der Waals surface area contributed by atoms with Crippen molar-refractivity contribution in [2.45, 2.75) is 47.1 Å². The lowest BCUT2D eigenvalue weighted by Gasteiger charge is -2.19. The number of carboxylic acid groups (broad SMARTS) is 1. The number of hydrogen-bond acceptors (Lipinski definition) is 2. The van der Waals surface area contributed by atoms with E-state index in [2.05, 4.69) is 6.07 Å². The van der Waals surface area contributed by atoms with Crippen LogP contribution in [0.4, 0.5) is 0 Å². The van der Waals surface area contributed by atoms with Gasteiger partial charge in [-0.2, -0.15) is 0 Å². The van der Waals surface area contributed by atoms with Crippen LogP contribution in [0.2, 0.25) is 0 Å². The monoisotopic (exact) mass is 312 g/mol. The first-order valence-electron chi connectivity index (χ1n) is 7.81. The van der Waals surface area contributed by atoms with Crippen LogP contribution in [0.3, 0.4) is 0 Å². The van der Waals surface area contributed by atoms with Crippen molar-refractivity contribution in [1.29, 1.82) is 0 Å². The summed E-state index contributed by atoms with van der Waals surface area (Å²) in [5, 5.41) is 9.56. The predicted molar refractivity (Wildman–Crippen MR) is 92.3 cm³/mol. The van der Waals surface area contributed by atoms with Gasteiger partial charge in [-0.3, -0.25) is 0 Å². The molecule has 2 aromatic rings. The number of benzene rings is 2. The summed E-state index contributed by atoms with van der Waals surface area (Å²) in [6, 6.07) is 10.1. The maximum absolute atomic E-state index is 11.7. The van der Waals surface area contributed by atoms with E-state index in [4.69, 9.17) is 4.74 Å².